The van der Waals surface area contributed by atoms with Gasteiger partial charge in [-0.15, -0.1) is 0 Å². The van der Waals surface area contributed by atoms with E-state index in [9.17, 15) is 8.42 Å². The second-order valence-corrected chi connectivity index (χ2v) is 5.40. The van der Waals surface area contributed by atoms with E-state index < -0.39 is 10.0 Å². The minimum atomic E-state index is -3.20. The van der Waals surface area contributed by atoms with Gasteiger partial charge in [0.25, 0.3) is 0 Å². The van der Waals surface area contributed by atoms with Crippen LogP contribution in [0.15, 0.2) is 24.3 Å². The van der Waals surface area contributed by atoms with Crippen LogP contribution in [0.2, 0.25) is 0 Å². The van der Waals surface area contributed by atoms with Crippen molar-refractivity contribution in [3.05, 3.63) is 34.6 Å². The molecule has 0 saturated heterocycles. The third kappa shape index (κ3) is 5.67. The van der Waals surface area contributed by atoms with Gasteiger partial charge < -0.3 is 14.8 Å². The largest absolute Gasteiger partial charge is 0.545 e. The number of rotatable bonds is 7. The van der Waals surface area contributed by atoms with E-state index >= 15 is 0 Å². The summed E-state index contributed by atoms with van der Waals surface area (Å²) in [5.74, 6) is 0.851. The molecule has 0 spiro atoms. The maximum atomic E-state index is 10.8. The Morgan fingerprint density at radius 1 is 1.35 bits per heavy atom. The van der Waals surface area contributed by atoms with Gasteiger partial charge in [-0.2, -0.15) is 0 Å². The maximum absolute atomic E-state index is 10.8. The van der Waals surface area contributed by atoms with Crippen molar-refractivity contribution in [1.29, 1.82) is 0 Å². The van der Waals surface area contributed by atoms with Crippen molar-refractivity contribution in [2.45, 2.75) is 6.54 Å². The summed E-state index contributed by atoms with van der Waals surface area (Å²) in [6, 6.07) is 7.76. The fourth-order valence-electron chi connectivity index (χ4n) is 1.44. The van der Waals surface area contributed by atoms with E-state index in [2.05, 4.69) is 4.72 Å². The molecule has 2 N–H and O–H groups in total. The van der Waals surface area contributed by atoms with Crippen molar-refractivity contribution in [2.75, 3.05) is 26.5 Å². The quantitative estimate of drug-likeness (QED) is 0.704. The molecule has 0 aromatic heterocycles. The molecule has 96 valence electrons. The summed E-state index contributed by atoms with van der Waals surface area (Å²) >= 11 is 0. The van der Waals surface area contributed by atoms with Crippen LogP contribution in [0, 0.1) is 0 Å². The second kappa shape index (κ2) is 6.58. The van der Waals surface area contributed by atoms with Crippen LogP contribution in [-0.4, -0.2) is 34.9 Å². The van der Waals surface area contributed by atoms with Gasteiger partial charge >= 0.3 is 0 Å². The highest BCUT2D eigenvalue weighted by molar-refractivity contribution is 7.93. The molecule has 1 rings (SSSR count). The van der Waals surface area contributed by atoms with Crippen molar-refractivity contribution < 1.29 is 18.5 Å². The van der Waals surface area contributed by atoms with E-state index in [0.29, 0.717) is 13.1 Å². The normalized spacial score (nSPS) is 11.4. The predicted molar refractivity (Wildman–Crippen MR) is 66.6 cm³/mol. The molecule has 1 aromatic rings. The van der Waals surface area contributed by atoms with E-state index in [-0.39, 0.29) is 0 Å². The van der Waals surface area contributed by atoms with E-state index in [0.717, 1.165) is 24.1 Å². The highest BCUT2D eigenvalue weighted by atomic mass is 32.2. The number of para-hydroxylation sites is 1. The number of methoxy groups -OCH3 is 1. The molecular weight excluding hydrogens is 240 g/mol. The van der Waals surface area contributed by atoms with Gasteiger partial charge in [0.15, 0.2) is 0 Å². The number of hydrogen-bond donors (Lipinski definition) is 1. The highest BCUT2D eigenvalue weighted by Crippen LogP contribution is 2.15. The Morgan fingerprint density at radius 2 is 2.06 bits per heavy atom. The SMILES string of the molecule is COc1ccccc1C[NH2+]CC[N-]S(C)(=O)=O. The van der Waals surface area contributed by atoms with Gasteiger partial charge in [-0.05, 0) is 12.1 Å². The Kier molecular flexibility index (Phi) is 5.40. The summed E-state index contributed by atoms with van der Waals surface area (Å²) in [5, 5.41) is 2.01. The van der Waals surface area contributed by atoms with Crippen molar-refractivity contribution in [2.24, 2.45) is 0 Å². The molecule has 0 heterocycles. The molecule has 0 aliphatic carbocycles. The number of nitrogens with zero attached hydrogens (tertiary/aromatic N) is 1. The lowest BCUT2D eigenvalue weighted by Crippen LogP contribution is -2.83. The number of benzene rings is 1. The summed E-state index contributed by atoms with van der Waals surface area (Å²) in [5.41, 5.74) is 1.09. The molecule has 1 aromatic carbocycles. The number of sulfonamides is 1. The molecule has 0 aliphatic rings. The summed E-state index contributed by atoms with van der Waals surface area (Å²) in [6.45, 7) is 1.71. The van der Waals surface area contributed by atoms with Crippen LogP contribution in [0.5, 0.6) is 5.75 Å². The first kappa shape index (κ1) is 14.0. The van der Waals surface area contributed by atoms with Gasteiger partial charge in [-0.3, -0.25) is 0 Å². The van der Waals surface area contributed by atoms with Crippen molar-refractivity contribution >= 4 is 10.0 Å². The lowest BCUT2D eigenvalue weighted by atomic mass is 10.2. The monoisotopic (exact) mass is 258 g/mol. The van der Waals surface area contributed by atoms with E-state index in [1.165, 1.54) is 0 Å². The summed E-state index contributed by atoms with van der Waals surface area (Å²) in [4.78, 5) is 0. The molecular formula is C11H18N2O3S. The Morgan fingerprint density at radius 3 is 2.71 bits per heavy atom. The molecule has 0 radical (unpaired) electrons. The average molecular weight is 258 g/mol. The topological polar surface area (TPSA) is 74.1 Å². The predicted octanol–water partition coefficient (Wildman–Crippen LogP) is 0.0919. The average Bonchev–Trinajstić information content (AvgIpc) is 2.27. The van der Waals surface area contributed by atoms with Crippen LogP contribution in [0.4, 0.5) is 0 Å². The molecule has 0 bridgehead atoms. The maximum Gasteiger partial charge on any atom is 0.127 e. The van der Waals surface area contributed by atoms with Gasteiger partial charge in [0.2, 0.25) is 0 Å². The van der Waals surface area contributed by atoms with Gasteiger partial charge in [-0.1, -0.05) is 18.7 Å². The molecule has 0 amide bonds. The lowest BCUT2D eigenvalue weighted by Gasteiger charge is -2.15. The third-order valence-corrected chi connectivity index (χ3v) is 2.87. The van der Waals surface area contributed by atoms with E-state index in [1.807, 2.05) is 29.6 Å². The molecule has 0 atom stereocenters. The molecule has 6 heteroatoms. The highest BCUT2D eigenvalue weighted by Gasteiger charge is 2.01. The van der Waals surface area contributed by atoms with Crippen LogP contribution in [0.25, 0.3) is 4.72 Å². The third-order valence-electron chi connectivity index (χ3n) is 2.22. The molecule has 0 unspecified atom stereocenters. The number of quaternary nitrogens is 1. The Labute approximate surface area is 102 Å². The molecule has 0 saturated carbocycles. The molecule has 17 heavy (non-hydrogen) atoms. The number of hydrogen-bond acceptors (Lipinski definition) is 3. The molecule has 5 nitrogen and oxygen atoms in total. The zero-order valence-electron chi connectivity index (χ0n) is 10.1. The fourth-order valence-corrected chi connectivity index (χ4v) is 1.88. The lowest BCUT2D eigenvalue weighted by molar-refractivity contribution is -0.667. The second-order valence-electron chi connectivity index (χ2n) is 3.68. The number of nitrogens with two attached hydrogens (primary N) is 1. The van der Waals surface area contributed by atoms with Crippen molar-refractivity contribution in [1.82, 2.24) is 0 Å². The Hall–Kier alpha value is -1.11. The summed E-state index contributed by atoms with van der Waals surface area (Å²) in [6.07, 6.45) is 1.10. The van der Waals surface area contributed by atoms with Crippen LogP contribution >= 0.6 is 0 Å². The van der Waals surface area contributed by atoms with E-state index in [4.69, 9.17) is 4.74 Å². The molecule has 0 fully saturated rings. The number of ether oxygens (including phenoxy) is 1. The van der Waals surface area contributed by atoms with Crippen LogP contribution < -0.4 is 10.1 Å². The summed E-state index contributed by atoms with van der Waals surface area (Å²) in [7, 11) is -1.57. The van der Waals surface area contributed by atoms with Gasteiger partial charge in [-0.25, -0.2) is 8.42 Å². The molecule has 0 aliphatic heterocycles. The van der Waals surface area contributed by atoms with E-state index in [1.54, 1.807) is 7.11 Å². The first-order chi connectivity index (χ1) is 8.03. The standard InChI is InChI=1S/C11H17N2O3S/c1-16-11-6-4-3-5-10(11)9-12-7-8-13-17(2,14)15/h3-6,12H,7-9H2,1-2H3/q-1/p+1. The van der Waals surface area contributed by atoms with Gasteiger partial charge in [0, 0.05) is 11.8 Å². The Balaban J connectivity index is 2.31. The minimum absolute atomic E-state index is 0.313. The minimum Gasteiger partial charge on any atom is -0.545 e. The fraction of sp³-hybridized carbons (Fsp3) is 0.455. The van der Waals surface area contributed by atoms with Crippen LogP contribution in [0.3, 0.4) is 0 Å². The van der Waals surface area contributed by atoms with Gasteiger partial charge in [0.1, 0.15) is 12.3 Å². The Bertz CT molecular complexity index is 446. The zero-order valence-corrected chi connectivity index (χ0v) is 10.9. The van der Waals surface area contributed by atoms with Crippen molar-refractivity contribution in [3.8, 4) is 5.75 Å². The smallest absolute Gasteiger partial charge is 0.127 e. The first-order valence-electron chi connectivity index (χ1n) is 5.35. The van der Waals surface area contributed by atoms with Crippen LogP contribution in [-0.2, 0) is 16.6 Å². The zero-order chi connectivity index (χ0) is 12.7. The van der Waals surface area contributed by atoms with Crippen LogP contribution in [0.1, 0.15) is 5.56 Å². The first-order valence-corrected chi connectivity index (χ1v) is 7.20. The summed E-state index contributed by atoms with van der Waals surface area (Å²) < 4.78 is 30.3. The van der Waals surface area contributed by atoms with Crippen molar-refractivity contribution in [3.63, 3.8) is 0 Å². The van der Waals surface area contributed by atoms with Gasteiger partial charge in [0.05, 0.1) is 23.7 Å².